The minimum absolute atomic E-state index is 0.329. The van der Waals surface area contributed by atoms with E-state index in [1.54, 1.807) is 0 Å². The lowest BCUT2D eigenvalue weighted by Gasteiger charge is -2.47. The van der Waals surface area contributed by atoms with E-state index in [4.69, 9.17) is 0 Å². The highest BCUT2D eigenvalue weighted by molar-refractivity contribution is 7.08. The third kappa shape index (κ3) is 3.21. The molecule has 1 unspecified atom stereocenters. The van der Waals surface area contributed by atoms with Gasteiger partial charge in [0.05, 0.1) is 0 Å². The number of rotatable bonds is 5. The van der Waals surface area contributed by atoms with Crippen LogP contribution in [0.3, 0.4) is 0 Å². The first-order valence-electron chi connectivity index (χ1n) is 7.64. The van der Waals surface area contributed by atoms with Crippen molar-refractivity contribution >= 4 is 11.3 Å². The molecule has 1 aromatic rings. The molecule has 108 valence electrons. The maximum Gasteiger partial charge on any atom is 0.0304 e. The van der Waals surface area contributed by atoms with Gasteiger partial charge in [0.1, 0.15) is 0 Å². The monoisotopic (exact) mass is 280 g/mol. The van der Waals surface area contributed by atoms with E-state index in [1.165, 1.54) is 36.9 Å². The topological polar surface area (TPSA) is 15.3 Å². The van der Waals surface area contributed by atoms with Crippen LogP contribution >= 0.6 is 11.3 Å². The van der Waals surface area contributed by atoms with Gasteiger partial charge in [0, 0.05) is 31.2 Å². The highest BCUT2D eigenvalue weighted by Crippen LogP contribution is 2.26. The van der Waals surface area contributed by atoms with Gasteiger partial charge >= 0.3 is 0 Å². The molecule has 0 saturated carbocycles. The van der Waals surface area contributed by atoms with Gasteiger partial charge in [0.15, 0.2) is 0 Å². The maximum atomic E-state index is 3.82. The fourth-order valence-electron chi connectivity index (χ4n) is 3.12. The molecule has 1 aromatic heterocycles. The zero-order valence-electron chi connectivity index (χ0n) is 12.8. The Hall–Kier alpha value is -0.380. The van der Waals surface area contributed by atoms with Crippen LogP contribution < -0.4 is 5.32 Å². The van der Waals surface area contributed by atoms with E-state index >= 15 is 0 Å². The number of nitrogens with zero attached hydrogens (tertiary/aromatic N) is 1. The quantitative estimate of drug-likeness (QED) is 0.882. The molecule has 0 radical (unpaired) electrons. The van der Waals surface area contributed by atoms with Gasteiger partial charge in [0.25, 0.3) is 0 Å². The summed E-state index contributed by atoms with van der Waals surface area (Å²) in [6.45, 7) is 12.6. The molecule has 2 nitrogen and oxygen atoms in total. The molecule has 19 heavy (non-hydrogen) atoms. The summed E-state index contributed by atoms with van der Waals surface area (Å²) >= 11 is 1.83. The van der Waals surface area contributed by atoms with Crippen LogP contribution in [0.15, 0.2) is 10.8 Å². The van der Waals surface area contributed by atoms with Crippen LogP contribution in [0.1, 0.15) is 51.2 Å². The molecule has 1 fully saturated rings. The van der Waals surface area contributed by atoms with Gasteiger partial charge in [-0.05, 0) is 48.1 Å². The number of hydrogen-bond donors (Lipinski definition) is 1. The molecule has 1 saturated heterocycles. The second-order valence-corrected chi connectivity index (χ2v) is 6.66. The summed E-state index contributed by atoms with van der Waals surface area (Å²) in [6, 6.07) is 0.686. The van der Waals surface area contributed by atoms with Crippen LogP contribution in [0.5, 0.6) is 0 Å². The Labute approximate surface area is 122 Å². The van der Waals surface area contributed by atoms with Gasteiger partial charge in [-0.1, -0.05) is 20.8 Å². The second-order valence-electron chi connectivity index (χ2n) is 5.92. The van der Waals surface area contributed by atoms with E-state index < -0.39 is 0 Å². The first kappa shape index (κ1) is 15.0. The minimum atomic E-state index is 0.329. The summed E-state index contributed by atoms with van der Waals surface area (Å²) in [4.78, 5) is 2.71. The lowest BCUT2D eigenvalue weighted by atomic mass is 9.88. The lowest BCUT2D eigenvalue weighted by molar-refractivity contribution is 0.0643. The van der Waals surface area contributed by atoms with Crippen molar-refractivity contribution in [3.8, 4) is 0 Å². The number of aryl methyl sites for hydroxylation is 1. The van der Waals surface area contributed by atoms with E-state index in [1.807, 2.05) is 11.3 Å². The highest BCUT2D eigenvalue weighted by atomic mass is 32.1. The van der Waals surface area contributed by atoms with Crippen LogP contribution in [0.2, 0.25) is 0 Å². The third-order valence-electron chi connectivity index (χ3n) is 4.89. The SMILES string of the molecule is CCC1CNC(CC)(CC)CN1Cc1cscc1C. The highest BCUT2D eigenvalue weighted by Gasteiger charge is 2.35. The number of nitrogens with one attached hydrogen (secondary N) is 1. The molecule has 1 N–H and O–H groups in total. The Balaban J connectivity index is 2.12. The predicted octanol–water partition coefficient (Wildman–Crippen LogP) is 3.80. The Morgan fingerprint density at radius 2 is 2.05 bits per heavy atom. The van der Waals surface area contributed by atoms with Crippen LogP contribution in [0.25, 0.3) is 0 Å². The molecule has 2 heterocycles. The van der Waals surface area contributed by atoms with Gasteiger partial charge in [-0.3, -0.25) is 4.90 Å². The van der Waals surface area contributed by atoms with Crippen LogP contribution in [-0.4, -0.2) is 29.6 Å². The van der Waals surface area contributed by atoms with Gasteiger partial charge in [-0.15, -0.1) is 0 Å². The Morgan fingerprint density at radius 3 is 2.58 bits per heavy atom. The molecule has 0 aliphatic carbocycles. The fraction of sp³-hybridized carbons (Fsp3) is 0.750. The number of piperazine rings is 1. The minimum Gasteiger partial charge on any atom is -0.308 e. The largest absolute Gasteiger partial charge is 0.308 e. The molecule has 0 amide bonds. The second kappa shape index (κ2) is 6.38. The summed E-state index contributed by atoms with van der Waals surface area (Å²) in [6.07, 6.45) is 3.68. The summed E-state index contributed by atoms with van der Waals surface area (Å²) in [7, 11) is 0. The smallest absolute Gasteiger partial charge is 0.0304 e. The Kier molecular flexibility index (Phi) is 5.04. The Morgan fingerprint density at radius 1 is 1.32 bits per heavy atom. The molecule has 0 aromatic carbocycles. The summed E-state index contributed by atoms with van der Waals surface area (Å²) in [5, 5.41) is 8.41. The van der Waals surface area contributed by atoms with Crippen LogP contribution in [-0.2, 0) is 6.54 Å². The summed E-state index contributed by atoms with van der Waals surface area (Å²) < 4.78 is 0. The zero-order chi connectivity index (χ0) is 13.9. The molecule has 1 atom stereocenters. The lowest BCUT2D eigenvalue weighted by Crippen LogP contribution is -2.63. The van der Waals surface area contributed by atoms with E-state index in [9.17, 15) is 0 Å². The van der Waals surface area contributed by atoms with Crippen molar-refractivity contribution in [1.29, 1.82) is 0 Å². The average Bonchev–Trinajstić information content (AvgIpc) is 2.84. The molecule has 3 heteroatoms. The van der Waals surface area contributed by atoms with Crippen molar-refractivity contribution in [2.24, 2.45) is 0 Å². The van der Waals surface area contributed by atoms with Gasteiger partial charge in [0.2, 0.25) is 0 Å². The summed E-state index contributed by atoms with van der Waals surface area (Å²) in [5.74, 6) is 0. The maximum absolute atomic E-state index is 3.82. The molecular formula is C16H28N2S. The van der Waals surface area contributed by atoms with E-state index in [2.05, 4.69) is 48.7 Å². The average molecular weight is 280 g/mol. The molecule has 2 rings (SSSR count). The van der Waals surface area contributed by atoms with Gasteiger partial charge < -0.3 is 5.32 Å². The fourth-order valence-corrected chi connectivity index (χ4v) is 3.96. The zero-order valence-corrected chi connectivity index (χ0v) is 13.6. The van der Waals surface area contributed by atoms with Crippen molar-refractivity contribution in [3.05, 3.63) is 21.9 Å². The standard InChI is InChI=1S/C16H28N2S/c1-5-15-8-17-16(6-2,7-3)12-18(15)9-14-11-19-10-13(14)4/h10-11,15,17H,5-9,12H2,1-4H3. The van der Waals surface area contributed by atoms with Crippen molar-refractivity contribution < 1.29 is 0 Å². The van der Waals surface area contributed by atoms with Crippen molar-refractivity contribution in [3.63, 3.8) is 0 Å². The normalized spacial score (nSPS) is 23.7. The third-order valence-corrected chi connectivity index (χ3v) is 5.80. The van der Waals surface area contributed by atoms with E-state index in [-0.39, 0.29) is 0 Å². The number of thiophene rings is 1. The van der Waals surface area contributed by atoms with Crippen molar-refractivity contribution in [2.75, 3.05) is 13.1 Å². The Bertz CT molecular complexity index is 395. The van der Waals surface area contributed by atoms with Gasteiger partial charge in [-0.2, -0.15) is 11.3 Å². The molecular weight excluding hydrogens is 252 g/mol. The van der Waals surface area contributed by atoms with Crippen LogP contribution in [0.4, 0.5) is 0 Å². The van der Waals surface area contributed by atoms with Crippen molar-refractivity contribution in [2.45, 2.75) is 65.1 Å². The summed E-state index contributed by atoms with van der Waals surface area (Å²) in [5.41, 5.74) is 3.30. The van der Waals surface area contributed by atoms with Gasteiger partial charge in [-0.25, -0.2) is 0 Å². The molecule has 1 aliphatic rings. The first-order chi connectivity index (χ1) is 9.14. The van der Waals surface area contributed by atoms with Crippen LogP contribution in [0, 0.1) is 6.92 Å². The molecule has 0 spiro atoms. The number of hydrogen-bond acceptors (Lipinski definition) is 3. The van der Waals surface area contributed by atoms with E-state index in [0.29, 0.717) is 11.6 Å². The molecule has 1 aliphatic heterocycles. The van der Waals surface area contributed by atoms with Crippen molar-refractivity contribution in [1.82, 2.24) is 10.2 Å². The first-order valence-corrected chi connectivity index (χ1v) is 8.59. The molecule has 0 bridgehead atoms. The predicted molar refractivity (Wildman–Crippen MR) is 84.9 cm³/mol. The van der Waals surface area contributed by atoms with E-state index in [0.717, 1.165) is 13.1 Å².